The maximum atomic E-state index is 6.16. The number of fused-ring (bicyclic) bond motifs is 1. The van der Waals surface area contributed by atoms with Gasteiger partial charge in [0.2, 0.25) is 0 Å². The zero-order valence-electron chi connectivity index (χ0n) is 12.3. The van der Waals surface area contributed by atoms with E-state index in [1.165, 1.54) is 0 Å². The van der Waals surface area contributed by atoms with Gasteiger partial charge in [-0.15, -0.1) is 0 Å². The van der Waals surface area contributed by atoms with Crippen molar-refractivity contribution >= 4 is 16.6 Å². The number of rotatable bonds is 2. The number of pyridine rings is 1. The summed E-state index contributed by atoms with van der Waals surface area (Å²) in [4.78, 5) is 4.69. The largest absolute Gasteiger partial charge is 0.491 e. The Morgan fingerprint density at radius 1 is 1.16 bits per heavy atom. The van der Waals surface area contributed by atoms with Crippen molar-refractivity contribution < 1.29 is 4.74 Å². The van der Waals surface area contributed by atoms with E-state index >= 15 is 0 Å². The molecule has 102 valence electrons. The van der Waals surface area contributed by atoms with E-state index in [4.69, 9.17) is 15.5 Å². The lowest BCUT2D eigenvalue weighted by Gasteiger charge is -2.19. The van der Waals surface area contributed by atoms with Gasteiger partial charge in [-0.2, -0.15) is 0 Å². The number of benzene rings is 1. The number of aromatic nitrogens is 1. The molecule has 1 aromatic heterocycles. The third-order valence-electron chi connectivity index (χ3n) is 2.95. The minimum absolute atomic E-state index is 0.00455. The molecule has 19 heavy (non-hydrogen) atoms. The van der Waals surface area contributed by atoms with Crippen molar-refractivity contribution in [1.82, 2.24) is 4.98 Å². The molecule has 0 radical (unpaired) electrons. The first kappa shape index (κ1) is 13.7. The predicted molar refractivity (Wildman–Crippen MR) is 80.6 cm³/mol. The van der Waals surface area contributed by atoms with Crippen molar-refractivity contribution in [2.75, 3.05) is 5.73 Å². The summed E-state index contributed by atoms with van der Waals surface area (Å²) < 4.78 is 5.69. The molecule has 0 saturated carbocycles. The number of nitrogens with two attached hydrogens (primary N) is 1. The first-order valence-corrected chi connectivity index (χ1v) is 6.65. The van der Waals surface area contributed by atoms with Gasteiger partial charge in [0.1, 0.15) is 5.75 Å². The van der Waals surface area contributed by atoms with Crippen molar-refractivity contribution in [1.29, 1.82) is 0 Å². The van der Waals surface area contributed by atoms with Crippen molar-refractivity contribution in [2.45, 2.75) is 46.1 Å². The quantitative estimate of drug-likeness (QED) is 0.888. The number of anilines is 1. The third kappa shape index (κ3) is 2.98. The van der Waals surface area contributed by atoms with Crippen LogP contribution in [0, 0.1) is 0 Å². The Morgan fingerprint density at radius 2 is 1.84 bits per heavy atom. The molecule has 0 amide bonds. The average molecular weight is 258 g/mol. The van der Waals surface area contributed by atoms with Gasteiger partial charge in [-0.25, -0.2) is 0 Å². The van der Waals surface area contributed by atoms with Gasteiger partial charge in [0.25, 0.3) is 0 Å². The molecule has 2 N–H and O–H groups in total. The van der Waals surface area contributed by atoms with Crippen LogP contribution < -0.4 is 10.5 Å². The normalized spacial score (nSPS) is 12.1. The molecule has 2 aromatic rings. The lowest BCUT2D eigenvalue weighted by Crippen LogP contribution is -2.14. The molecular formula is C16H22N2O. The van der Waals surface area contributed by atoms with E-state index in [0.717, 1.165) is 28.0 Å². The van der Waals surface area contributed by atoms with Crippen LogP contribution in [0.4, 0.5) is 5.69 Å². The maximum absolute atomic E-state index is 6.16. The number of ether oxygens (including phenoxy) is 1. The Morgan fingerprint density at radius 3 is 2.42 bits per heavy atom. The number of hydrogen-bond acceptors (Lipinski definition) is 3. The van der Waals surface area contributed by atoms with Crippen molar-refractivity contribution in [3.05, 3.63) is 30.0 Å². The predicted octanol–water partition coefficient (Wildman–Crippen LogP) is 3.90. The van der Waals surface area contributed by atoms with Crippen LogP contribution in [0.5, 0.6) is 5.75 Å². The number of nitrogens with zero attached hydrogens (tertiary/aromatic N) is 1. The molecule has 0 bridgehead atoms. The van der Waals surface area contributed by atoms with E-state index in [1.807, 2.05) is 38.1 Å². The van der Waals surface area contributed by atoms with Crippen molar-refractivity contribution in [3.63, 3.8) is 0 Å². The molecule has 0 saturated heterocycles. The molecule has 0 spiro atoms. The van der Waals surface area contributed by atoms with Gasteiger partial charge in [-0.3, -0.25) is 4.98 Å². The van der Waals surface area contributed by atoms with Crippen LogP contribution >= 0.6 is 0 Å². The van der Waals surface area contributed by atoms with Crippen LogP contribution in [-0.4, -0.2) is 11.1 Å². The SMILES string of the molecule is CC(C)Oc1ccc2nc(C(C)(C)C)cc(N)c2c1. The fourth-order valence-electron chi connectivity index (χ4n) is 1.96. The smallest absolute Gasteiger partial charge is 0.120 e. The summed E-state index contributed by atoms with van der Waals surface area (Å²) in [6.45, 7) is 10.4. The second-order valence-corrected chi connectivity index (χ2v) is 6.19. The van der Waals surface area contributed by atoms with Crippen molar-refractivity contribution in [2.24, 2.45) is 0 Å². The fraction of sp³-hybridized carbons (Fsp3) is 0.438. The van der Waals surface area contributed by atoms with E-state index in [0.29, 0.717) is 0 Å². The maximum Gasteiger partial charge on any atom is 0.120 e. The summed E-state index contributed by atoms with van der Waals surface area (Å²) in [5, 5.41) is 0.950. The van der Waals surface area contributed by atoms with Crippen LogP contribution in [0.15, 0.2) is 24.3 Å². The molecule has 3 nitrogen and oxygen atoms in total. The average Bonchev–Trinajstić information content (AvgIpc) is 2.27. The van der Waals surface area contributed by atoms with Gasteiger partial charge in [-0.05, 0) is 38.1 Å². The second-order valence-electron chi connectivity index (χ2n) is 6.19. The highest BCUT2D eigenvalue weighted by Gasteiger charge is 2.17. The molecule has 0 aliphatic carbocycles. The molecule has 1 heterocycles. The van der Waals surface area contributed by atoms with Gasteiger partial charge in [-0.1, -0.05) is 20.8 Å². The van der Waals surface area contributed by atoms with Gasteiger partial charge in [0, 0.05) is 22.2 Å². The Balaban J connectivity index is 2.54. The molecule has 2 rings (SSSR count). The van der Waals surface area contributed by atoms with Crippen LogP contribution in [-0.2, 0) is 5.41 Å². The molecule has 0 unspecified atom stereocenters. The first-order chi connectivity index (χ1) is 8.77. The van der Waals surface area contributed by atoms with Crippen LogP contribution in [0.2, 0.25) is 0 Å². The molecule has 0 aliphatic rings. The Labute approximate surface area is 114 Å². The van der Waals surface area contributed by atoms with Gasteiger partial charge < -0.3 is 10.5 Å². The van der Waals surface area contributed by atoms with Gasteiger partial charge in [0.15, 0.2) is 0 Å². The summed E-state index contributed by atoms with van der Waals surface area (Å²) in [5.74, 6) is 0.833. The Kier molecular flexibility index (Phi) is 3.40. The lowest BCUT2D eigenvalue weighted by molar-refractivity contribution is 0.243. The van der Waals surface area contributed by atoms with Gasteiger partial charge >= 0.3 is 0 Å². The number of nitrogen functional groups attached to an aromatic ring is 1. The minimum Gasteiger partial charge on any atom is -0.491 e. The minimum atomic E-state index is -0.00455. The van der Waals surface area contributed by atoms with Crippen LogP contribution in [0.1, 0.15) is 40.3 Å². The van der Waals surface area contributed by atoms with Crippen molar-refractivity contribution in [3.8, 4) is 5.75 Å². The Bertz CT molecular complexity index is 597. The topological polar surface area (TPSA) is 48.1 Å². The number of hydrogen-bond donors (Lipinski definition) is 1. The summed E-state index contributed by atoms with van der Waals surface area (Å²) in [6.07, 6.45) is 0.153. The highest BCUT2D eigenvalue weighted by atomic mass is 16.5. The molecule has 0 aliphatic heterocycles. The fourth-order valence-corrected chi connectivity index (χ4v) is 1.96. The zero-order chi connectivity index (χ0) is 14.2. The summed E-state index contributed by atoms with van der Waals surface area (Å²) in [5.41, 5.74) is 8.83. The first-order valence-electron chi connectivity index (χ1n) is 6.65. The summed E-state index contributed by atoms with van der Waals surface area (Å²) in [7, 11) is 0. The summed E-state index contributed by atoms with van der Waals surface area (Å²) in [6, 6.07) is 7.84. The van der Waals surface area contributed by atoms with E-state index in [9.17, 15) is 0 Å². The molecule has 0 atom stereocenters. The van der Waals surface area contributed by atoms with Gasteiger partial charge in [0.05, 0.1) is 11.6 Å². The molecule has 3 heteroatoms. The van der Waals surface area contributed by atoms with E-state index in [2.05, 4.69) is 20.8 Å². The zero-order valence-corrected chi connectivity index (χ0v) is 12.3. The molecule has 1 aromatic carbocycles. The highest BCUT2D eigenvalue weighted by Crippen LogP contribution is 2.30. The van der Waals surface area contributed by atoms with Crippen LogP contribution in [0.25, 0.3) is 10.9 Å². The molecule has 0 fully saturated rings. The Hall–Kier alpha value is -1.77. The molecular weight excluding hydrogens is 236 g/mol. The second kappa shape index (κ2) is 4.72. The summed E-state index contributed by atoms with van der Waals surface area (Å²) >= 11 is 0. The lowest BCUT2D eigenvalue weighted by atomic mass is 9.91. The highest BCUT2D eigenvalue weighted by molar-refractivity contribution is 5.91. The third-order valence-corrected chi connectivity index (χ3v) is 2.95. The van der Waals surface area contributed by atoms with E-state index in [1.54, 1.807) is 0 Å². The monoisotopic (exact) mass is 258 g/mol. The van der Waals surface area contributed by atoms with E-state index in [-0.39, 0.29) is 11.5 Å². The standard InChI is InChI=1S/C16H22N2O/c1-10(2)19-11-6-7-14-12(8-11)13(17)9-15(18-14)16(3,4)5/h6-10H,1-5H3,(H2,17,18). The van der Waals surface area contributed by atoms with Crippen LogP contribution in [0.3, 0.4) is 0 Å². The van der Waals surface area contributed by atoms with E-state index < -0.39 is 0 Å².